The van der Waals surface area contributed by atoms with Crippen molar-refractivity contribution in [1.82, 2.24) is 10.2 Å². The molecule has 2 aromatic carbocycles. The molecule has 1 fully saturated rings. The number of carbonyl (C=O) groups is 1. The van der Waals surface area contributed by atoms with Gasteiger partial charge in [0, 0.05) is 25.3 Å². The Kier molecular flexibility index (Phi) is 6.42. The lowest BCUT2D eigenvalue weighted by atomic mass is 10.1. The standard InChI is InChI=1S/C20H25N3O2/c24-20(21-11-6-12-23-13-15-25-16-14-23)18-9-4-5-10-19(18)22-17-7-2-1-3-8-17/h1-5,7-10,22H,6,11-16H2,(H,21,24). The van der Waals surface area contributed by atoms with E-state index in [0.717, 1.165) is 50.6 Å². The van der Waals surface area contributed by atoms with Crippen molar-refractivity contribution in [3.63, 3.8) is 0 Å². The summed E-state index contributed by atoms with van der Waals surface area (Å²) in [5, 5.41) is 6.34. The number of para-hydroxylation sites is 2. The highest BCUT2D eigenvalue weighted by Gasteiger charge is 2.12. The van der Waals surface area contributed by atoms with Crippen molar-refractivity contribution in [1.29, 1.82) is 0 Å². The van der Waals surface area contributed by atoms with Crippen molar-refractivity contribution >= 4 is 17.3 Å². The van der Waals surface area contributed by atoms with Crippen LogP contribution in [0.3, 0.4) is 0 Å². The number of morpholine rings is 1. The minimum Gasteiger partial charge on any atom is -0.379 e. The van der Waals surface area contributed by atoms with E-state index in [4.69, 9.17) is 4.74 Å². The van der Waals surface area contributed by atoms with Crippen LogP contribution in [0, 0.1) is 0 Å². The fraction of sp³-hybridized carbons (Fsp3) is 0.350. The molecule has 2 aromatic rings. The second kappa shape index (κ2) is 9.20. The smallest absolute Gasteiger partial charge is 0.253 e. The molecule has 5 nitrogen and oxygen atoms in total. The Morgan fingerprint density at radius 3 is 2.52 bits per heavy atom. The second-order valence-electron chi connectivity index (χ2n) is 6.10. The summed E-state index contributed by atoms with van der Waals surface area (Å²) in [5.41, 5.74) is 2.45. The summed E-state index contributed by atoms with van der Waals surface area (Å²) in [6.07, 6.45) is 0.944. The monoisotopic (exact) mass is 339 g/mol. The molecule has 1 saturated heterocycles. The summed E-state index contributed by atoms with van der Waals surface area (Å²) in [6.45, 7) is 5.26. The van der Waals surface area contributed by atoms with Crippen LogP contribution in [-0.2, 0) is 4.74 Å². The first kappa shape index (κ1) is 17.5. The molecule has 3 rings (SSSR count). The molecule has 1 heterocycles. The molecule has 1 aliphatic rings. The number of carbonyl (C=O) groups excluding carboxylic acids is 1. The van der Waals surface area contributed by atoms with Crippen molar-refractivity contribution < 1.29 is 9.53 Å². The van der Waals surface area contributed by atoms with Gasteiger partial charge in [-0.2, -0.15) is 0 Å². The van der Waals surface area contributed by atoms with Crippen LogP contribution in [-0.4, -0.2) is 50.2 Å². The summed E-state index contributed by atoms with van der Waals surface area (Å²) in [6, 6.07) is 17.5. The normalized spacial score (nSPS) is 14.9. The van der Waals surface area contributed by atoms with Crippen molar-refractivity contribution in [3.05, 3.63) is 60.2 Å². The molecular formula is C20H25N3O2. The van der Waals surface area contributed by atoms with E-state index in [9.17, 15) is 4.79 Å². The van der Waals surface area contributed by atoms with Gasteiger partial charge in [-0.3, -0.25) is 9.69 Å². The Balaban J connectivity index is 1.51. The third-order valence-electron chi connectivity index (χ3n) is 4.26. The van der Waals surface area contributed by atoms with Crippen molar-refractivity contribution in [3.8, 4) is 0 Å². The molecule has 0 aliphatic carbocycles. The van der Waals surface area contributed by atoms with Crippen LogP contribution in [0.25, 0.3) is 0 Å². The van der Waals surface area contributed by atoms with Crippen molar-refractivity contribution in [2.24, 2.45) is 0 Å². The Bertz CT molecular complexity index is 670. The predicted octanol–water partition coefficient (Wildman–Crippen LogP) is 2.88. The Labute approximate surface area is 149 Å². The zero-order valence-corrected chi connectivity index (χ0v) is 14.4. The molecular weight excluding hydrogens is 314 g/mol. The van der Waals surface area contributed by atoms with Crippen LogP contribution in [0.2, 0.25) is 0 Å². The number of hydrogen-bond donors (Lipinski definition) is 2. The number of hydrogen-bond acceptors (Lipinski definition) is 4. The Morgan fingerprint density at radius 1 is 1.00 bits per heavy atom. The zero-order valence-electron chi connectivity index (χ0n) is 14.4. The van der Waals surface area contributed by atoms with Gasteiger partial charge in [-0.15, -0.1) is 0 Å². The van der Waals surface area contributed by atoms with Gasteiger partial charge in [0.05, 0.1) is 24.5 Å². The number of anilines is 2. The van der Waals surface area contributed by atoms with Gasteiger partial charge in [0.25, 0.3) is 5.91 Å². The van der Waals surface area contributed by atoms with Gasteiger partial charge in [0.1, 0.15) is 0 Å². The van der Waals surface area contributed by atoms with Crippen LogP contribution in [0.4, 0.5) is 11.4 Å². The minimum absolute atomic E-state index is 0.0407. The fourth-order valence-electron chi connectivity index (χ4n) is 2.89. The first-order valence-electron chi connectivity index (χ1n) is 8.82. The number of ether oxygens (including phenoxy) is 1. The third-order valence-corrected chi connectivity index (χ3v) is 4.26. The third kappa shape index (κ3) is 5.31. The van der Waals surface area contributed by atoms with E-state index in [-0.39, 0.29) is 5.91 Å². The first-order valence-corrected chi connectivity index (χ1v) is 8.82. The van der Waals surface area contributed by atoms with Crippen LogP contribution < -0.4 is 10.6 Å². The molecule has 0 atom stereocenters. The van der Waals surface area contributed by atoms with E-state index in [2.05, 4.69) is 15.5 Å². The minimum atomic E-state index is -0.0407. The summed E-state index contributed by atoms with van der Waals surface area (Å²) >= 11 is 0. The molecule has 0 aromatic heterocycles. The van der Waals surface area contributed by atoms with Gasteiger partial charge in [0.15, 0.2) is 0 Å². The summed E-state index contributed by atoms with van der Waals surface area (Å²) in [4.78, 5) is 14.9. The molecule has 0 unspecified atom stereocenters. The zero-order chi connectivity index (χ0) is 17.3. The highest BCUT2D eigenvalue weighted by Crippen LogP contribution is 2.20. The molecule has 1 aliphatic heterocycles. The van der Waals surface area contributed by atoms with Crippen molar-refractivity contribution in [2.75, 3.05) is 44.7 Å². The molecule has 5 heteroatoms. The maximum atomic E-state index is 12.5. The lowest BCUT2D eigenvalue weighted by molar-refractivity contribution is 0.0374. The molecule has 0 saturated carbocycles. The summed E-state index contributed by atoms with van der Waals surface area (Å²) < 4.78 is 5.35. The number of nitrogens with one attached hydrogen (secondary N) is 2. The molecule has 1 amide bonds. The van der Waals surface area contributed by atoms with Gasteiger partial charge in [-0.05, 0) is 37.2 Å². The van der Waals surface area contributed by atoms with Crippen LogP contribution in [0.15, 0.2) is 54.6 Å². The number of rotatable bonds is 7. The number of amides is 1. The highest BCUT2D eigenvalue weighted by atomic mass is 16.5. The van der Waals surface area contributed by atoms with E-state index in [0.29, 0.717) is 12.1 Å². The molecule has 25 heavy (non-hydrogen) atoms. The second-order valence-corrected chi connectivity index (χ2v) is 6.10. The SMILES string of the molecule is O=C(NCCCN1CCOCC1)c1ccccc1Nc1ccccc1. The predicted molar refractivity (Wildman–Crippen MR) is 100 cm³/mol. The summed E-state index contributed by atoms with van der Waals surface area (Å²) in [5.74, 6) is -0.0407. The number of benzene rings is 2. The van der Waals surface area contributed by atoms with Gasteiger partial charge < -0.3 is 15.4 Å². The van der Waals surface area contributed by atoms with E-state index in [1.54, 1.807) is 0 Å². The average molecular weight is 339 g/mol. The van der Waals surface area contributed by atoms with E-state index < -0.39 is 0 Å². The maximum absolute atomic E-state index is 12.5. The average Bonchev–Trinajstić information content (AvgIpc) is 2.67. The maximum Gasteiger partial charge on any atom is 0.253 e. The molecule has 0 spiro atoms. The summed E-state index contributed by atoms with van der Waals surface area (Å²) in [7, 11) is 0. The molecule has 0 bridgehead atoms. The highest BCUT2D eigenvalue weighted by molar-refractivity contribution is 6.00. The lowest BCUT2D eigenvalue weighted by Crippen LogP contribution is -2.38. The van der Waals surface area contributed by atoms with E-state index in [1.807, 2.05) is 54.6 Å². The number of nitrogens with zero attached hydrogens (tertiary/aromatic N) is 1. The van der Waals surface area contributed by atoms with Crippen molar-refractivity contribution in [2.45, 2.75) is 6.42 Å². The quantitative estimate of drug-likeness (QED) is 0.762. The van der Waals surface area contributed by atoms with E-state index >= 15 is 0 Å². The Morgan fingerprint density at radius 2 is 1.72 bits per heavy atom. The first-order chi connectivity index (χ1) is 12.3. The van der Waals surface area contributed by atoms with Gasteiger partial charge in [-0.1, -0.05) is 30.3 Å². The fourth-order valence-corrected chi connectivity index (χ4v) is 2.89. The molecule has 0 radical (unpaired) electrons. The topological polar surface area (TPSA) is 53.6 Å². The van der Waals surface area contributed by atoms with Gasteiger partial charge in [-0.25, -0.2) is 0 Å². The Hall–Kier alpha value is -2.37. The van der Waals surface area contributed by atoms with Crippen LogP contribution >= 0.6 is 0 Å². The van der Waals surface area contributed by atoms with Crippen LogP contribution in [0.5, 0.6) is 0 Å². The largest absolute Gasteiger partial charge is 0.379 e. The molecule has 2 N–H and O–H groups in total. The lowest BCUT2D eigenvalue weighted by Gasteiger charge is -2.26. The van der Waals surface area contributed by atoms with E-state index in [1.165, 1.54) is 0 Å². The van der Waals surface area contributed by atoms with Crippen LogP contribution in [0.1, 0.15) is 16.8 Å². The van der Waals surface area contributed by atoms with Gasteiger partial charge in [0.2, 0.25) is 0 Å². The van der Waals surface area contributed by atoms with Gasteiger partial charge >= 0.3 is 0 Å². The molecule has 132 valence electrons.